The number of nitrogens with one attached hydrogen (secondary N) is 1. The van der Waals surface area contributed by atoms with Crippen LogP contribution >= 0.6 is 23.2 Å². The Bertz CT molecular complexity index is 366. The second-order valence-electron chi connectivity index (χ2n) is 5.18. The highest BCUT2D eigenvalue weighted by Gasteiger charge is 2.23. The Kier molecular flexibility index (Phi) is 5.35. The Hall–Kier alpha value is -0.240. The van der Waals surface area contributed by atoms with Crippen molar-refractivity contribution in [1.29, 1.82) is 0 Å². The van der Waals surface area contributed by atoms with E-state index in [4.69, 9.17) is 23.2 Å². The van der Waals surface area contributed by atoms with Crippen LogP contribution in [-0.4, -0.2) is 13.1 Å². The maximum Gasteiger partial charge on any atom is 0.0452 e. The van der Waals surface area contributed by atoms with Crippen molar-refractivity contribution in [3.63, 3.8) is 0 Å². The Morgan fingerprint density at radius 2 is 1.83 bits per heavy atom. The number of benzene rings is 1. The maximum atomic E-state index is 6.21. The minimum Gasteiger partial charge on any atom is -0.317 e. The maximum absolute atomic E-state index is 6.21. The zero-order valence-electron chi connectivity index (χ0n) is 10.9. The topological polar surface area (TPSA) is 12.0 Å². The van der Waals surface area contributed by atoms with Crippen LogP contribution in [0, 0.1) is 5.92 Å². The molecule has 1 unspecified atom stereocenters. The fourth-order valence-corrected chi connectivity index (χ4v) is 3.63. The lowest BCUT2D eigenvalue weighted by atomic mass is 9.92. The lowest BCUT2D eigenvalue weighted by Crippen LogP contribution is -2.32. The molecule has 0 amide bonds. The lowest BCUT2D eigenvalue weighted by molar-refractivity contribution is 0.360. The van der Waals surface area contributed by atoms with Crippen LogP contribution in [-0.2, 0) is 6.42 Å². The van der Waals surface area contributed by atoms with Gasteiger partial charge in [-0.2, -0.15) is 0 Å². The summed E-state index contributed by atoms with van der Waals surface area (Å²) < 4.78 is 0. The monoisotopic (exact) mass is 285 g/mol. The SMILES string of the molecule is CNC(CCc1c(Cl)cccc1Cl)C1CCCC1. The van der Waals surface area contributed by atoms with E-state index in [2.05, 4.69) is 12.4 Å². The van der Waals surface area contributed by atoms with Crippen molar-refractivity contribution in [2.75, 3.05) is 7.05 Å². The van der Waals surface area contributed by atoms with Gasteiger partial charge in [-0.1, -0.05) is 42.1 Å². The van der Waals surface area contributed by atoms with Crippen molar-refractivity contribution in [1.82, 2.24) is 5.32 Å². The molecule has 1 aliphatic rings. The second kappa shape index (κ2) is 6.79. The Labute approximate surface area is 120 Å². The molecule has 0 radical (unpaired) electrons. The average Bonchev–Trinajstić information content (AvgIpc) is 2.87. The summed E-state index contributed by atoms with van der Waals surface area (Å²) in [5.41, 5.74) is 1.10. The highest BCUT2D eigenvalue weighted by Crippen LogP contribution is 2.31. The molecular weight excluding hydrogens is 265 g/mol. The Morgan fingerprint density at radius 1 is 1.22 bits per heavy atom. The van der Waals surface area contributed by atoms with E-state index in [1.165, 1.54) is 25.7 Å². The van der Waals surface area contributed by atoms with Crippen molar-refractivity contribution < 1.29 is 0 Å². The largest absolute Gasteiger partial charge is 0.317 e. The number of hydrogen-bond acceptors (Lipinski definition) is 1. The normalized spacial score (nSPS) is 18.2. The van der Waals surface area contributed by atoms with Crippen molar-refractivity contribution >= 4 is 23.2 Å². The Balaban J connectivity index is 1.97. The van der Waals surface area contributed by atoms with Crippen LogP contribution in [0.3, 0.4) is 0 Å². The van der Waals surface area contributed by atoms with Crippen LogP contribution in [0.2, 0.25) is 10.0 Å². The van der Waals surface area contributed by atoms with Gasteiger partial charge in [0.15, 0.2) is 0 Å². The molecule has 1 fully saturated rings. The first-order valence-corrected chi connectivity index (χ1v) is 7.58. The molecule has 1 aromatic rings. The number of hydrogen-bond donors (Lipinski definition) is 1. The zero-order chi connectivity index (χ0) is 13.0. The van der Waals surface area contributed by atoms with Crippen molar-refractivity contribution in [2.24, 2.45) is 5.92 Å². The minimum absolute atomic E-state index is 0.597. The highest BCUT2D eigenvalue weighted by atomic mass is 35.5. The molecule has 1 atom stereocenters. The minimum atomic E-state index is 0.597. The smallest absolute Gasteiger partial charge is 0.0452 e. The van der Waals surface area contributed by atoms with Crippen LogP contribution in [0.1, 0.15) is 37.7 Å². The van der Waals surface area contributed by atoms with Gasteiger partial charge >= 0.3 is 0 Å². The first-order valence-electron chi connectivity index (χ1n) is 6.82. The molecule has 0 aliphatic heterocycles. The molecule has 0 heterocycles. The van der Waals surface area contributed by atoms with Crippen LogP contribution in [0.25, 0.3) is 0 Å². The molecule has 1 aliphatic carbocycles. The summed E-state index contributed by atoms with van der Waals surface area (Å²) in [6.45, 7) is 0. The molecule has 1 aromatic carbocycles. The number of halogens is 2. The third-order valence-corrected chi connectivity index (χ3v) is 4.81. The van der Waals surface area contributed by atoms with Crippen LogP contribution in [0.4, 0.5) is 0 Å². The van der Waals surface area contributed by atoms with Crippen LogP contribution in [0.15, 0.2) is 18.2 Å². The molecule has 1 nitrogen and oxygen atoms in total. The van der Waals surface area contributed by atoms with Gasteiger partial charge in [-0.3, -0.25) is 0 Å². The first kappa shape index (κ1) is 14.2. The van der Waals surface area contributed by atoms with Gasteiger partial charge in [0.25, 0.3) is 0 Å². The Morgan fingerprint density at radius 3 is 2.39 bits per heavy atom. The van der Waals surface area contributed by atoms with Crippen molar-refractivity contribution in [2.45, 2.75) is 44.6 Å². The molecule has 0 aromatic heterocycles. The molecule has 2 rings (SSSR count). The summed E-state index contributed by atoms with van der Waals surface area (Å²) in [5.74, 6) is 0.830. The van der Waals surface area contributed by atoms with Gasteiger partial charge < -0.3 is 5.32 Å². The van der Waals surface area contributed by atoms with E-state index in [0.29, 0.717) is 6.04 Å². The van der Waals surface area contributed by atoms with Gasteiger partial charge in [0.1, 0.15) is 0 Å². The van der Waals surface area contributed by atoms with E-state index >= 15 is 0 Å². The van der Waals surface area contributed by atoms with Gasteiger partial charge in [-0.05, 0) is 56.3 Å². The van der Waals surface area contributed by atoms with E-state index in [9.17, 15) is 0 Å². The molecule has 0 bridgehead atoms. The summed E-state index contributed by atoms with van der Waals surface area (Å²) in [6, 6.07) is 6.35. The van der Waals surface area contributed by atoms with Gasteiger partial charge in [0.05, 0.1) is 0 Å². The fraction of sp³-hybridized carbons (Fsp3) is 0.600. The van der Waals surface area contributed by atoms with Crippen LogP contribution < -0.4 is 5.32 Å². The standard InChI is InChI=1S/C15H21Cl2N/c1-18-15(11-5-2-3-6-11)10-9-12-13(16)7-4-8-14(12)17/h4,7-8,11,15,18H,2-3,5-6,9-10H2,1H3. The highest BCUT2D eigenvalue weighted by molar-refractivity contribution is 6.35. The second-order valence-corrected chi connectivity index (χ2v) is 5.99. The fourth-order valence-electron chi connectivity index (χ4n) is 3.05. The molecule has 0 spiro atoms. The molecule has 100 valence electrons. The number of rotatable bonds is 5. The van der Waals surface area contributed by atoms with E-state index in [1.54, 1.807) is 0 Å². The van der Waals surface area contributed by atoms with Crippen LogP contribution in [0.5, 0.6) is 0 Å². The molecule has 0 saturated heterocycles. The predicted molar refractivity (Wildman–Crippen MR) is 79.6 cm³/mol. The zero-order valence-corrected chi connectivity index (χ0v) is 12.4. The van der Waals surface area contributed by atoms with E-state index in [0.717, 1.165) is 34.4 Å². The van der Waals surface area contributed by atoms with Crippen molar-refractivity contribution in [3.8, 4) is 0 Å². The van der Waals surface area contributed by atoms with E-state index in [-0.39, 0.29) is 0 Å². The summed E-state index contributed by atoms with van der Waals surface area (Å²) in [4.78, 5) is 0. The van der Waals surface area contributed by atoms with E-state index in [1.807, 2.05) is 18.2 Å². The first-order chi connectivity index (χ1) is 8.72. The third kappa shape index (κ3) is 3.40. The molecule has 1 saturated carbocycles. The molecule has 18 heavy (non-hydrogen) atoms. The summed E-state index contributed by atoms with van der Waals surface area (Å²) in [7, 11) is 2.07. The third-order valence-electron chi connectivity index (χ3n) is 4.11. The van der Waals surface area contributed by atoms with Gasteiger partial charge in [-0.25, -0.2) is 0 Å². The lowest BCUT2D eigenvalue weighted by Gasteiger charge is -2.23. The predicted octanol–water partition coefficient (Wildman–Crippen LogP) is 4.70. The van der Waals surface area contributed by atoms with Crippen molar-refractivity contribution in [3.05, 3.63) is 33.8 Å². The summed E-state index contributed by atoms with van der Waals surface area (Å²) in [5, 5.41) is 5.06. The summed E-state index contributed by atoms with van der Waals surface area (Å²) >= 11 is 12.4. The molecule has 3 heteroatoms. The summed E-state index contributed by atoms with van der Waals surface area (Å²) in [6.07, 6.45) is 7.57. The molecular formula is C15H21Cl2N. The van der Waals surface area contributed by atoms with Gasteiger partial charge in [-0.15, -0.1) is 0 Å². The molecule has 1 N–H and O–H groups in total. The van der Waals surface area contributed by atoms with E-state index < -0.39 is 0 Å². The quantitative estimate of drug-likeness (QED) is 0.827. The van der Waals surface area contributed by atoms with Gasteiger partial charge in [0, 0.05) is 16.1 Å². The average molecular weight is 286 g/mol. The van der Waals surface area contributed by atoms with Gasteiger partial charge in [0.2, 0.25) is 0 Å².